The normalized spacial score (nSPS) is 22.3. The predicted molar refractivity (Wildman–Crippen MR) is 85.5 cm³/mol. The maximum Gasteiger partial charge on any atom is 0.308 e. The summed E-state index contributed by atoms with van der Waals surface area (Å²) in [6, 6.07) is -0.725. The molecule has 0 radical (unpaired) electrons. The Morgan fingerprint density at radius 1 is 1.26 bits per heavy atom. The quantitative estimate of drug-likeness (QED) is 0.751. The van der Waals surface area contributed by atoms with Crippen LogP contribution in [0.3, 0.4) is 0 Å². The monoisotopic (exact) mass is 324 g/mol. The van der Waals surface area contributed by atoms with Gasteiger partial charge in [0.05, 0.1) is 13.0 Å². The fraction of sp³-hybridized carbons (Fsp3) is 0.824. The first-order valence-corrected chi connectivity index (χ1v) is 8.70. The van der Waals surface area contributed by atoms with E-state index >= 15 is 0 Å². The Morgan fingerprint density at radius 2 is 1.96 bits per heavy atom. The lowest BCUT2D eigenvalue weighted by Gasteiger charge is -2.35. The highest BCUT2D eigenvalue weighted by atomic mass is 16.5. The van der Waals surface area contributed by atoms with Gasteiger partial charge in [-0.1, -0.05) is 26.7 Å². The molecule has 0 bridgehead atoms. The number of carbonyl (C=O) groups excluding carboxylic acids is 3. The van der Waals surface area contributed by atoms with Gasteiger partial charge in [0.25, 0.3) is 0 Å². The Hall–Kier alpha value is -1.59. The molecule has 2 rings (SSSR count). The van der Waals surface area contributed by atoms with Crippen molar-refractivity contribution in [1.82, 2.24) is 10.2 Å². The lowest BCUT2D eigenvalue weighted by molar-refractivity contribution is -0.152. The molecule has 0 aromatic carbocycles. The maximum atomic E-state index is 12.6. The number of hydrogen-bond acceptors (Lipinski definition) is 4. The highest BCUT2D eigenvalue weighted by Gasteiger charge is 2.36. The number of esters is 1. The number of nitrogens with zero attached hydrogens (tertiary/aromatic N) is 1. The zero-order valence-electron chi connectivity index (χ0n) is 14.2. The molecule has 0 aromatic rings. The topological polar surface area (TPSA) is 75.7 Å². The van der Waals surface area contributed by atoms with E-state index in [4.69, 9.17) is 4.74 Å². The molecule has 1 unspecified atom stereocenters. The number of piperazine rings is 1. The standard InChI is InChI=1S/C17H28N2O4/c1-12(2)11-23-16(21)10-14-17(22)18-7-8-19(14)15(20)9-13-5-3-4-6-13/h12-14H,3-11H2,1-2H3,(H,18,22). The van der Waals surface area contributed by atoms with Crippen molar-refractivity contribution < 1.29 is 19.1 Å². The molecule has 1 atom stereocenters. The second kappa shape index (κ2) is 8.31. The van der Waals surface area contributed by atoms with E-state index in [0.29, 0.717) is 32.0 Å². The largest absolute Gasteiger partial charge is 0.465 e. The van der Waals surface area contributed by atoms with Crippen LogP contribution in [0.2, 0.25) is 0 Å². The van der Waals surface area contributed by atoms with Crippen LogP contribution in [-0.4, -0.2) is 48.4 Å². The summed E-state index contributed by atoms with van der Waals surface area (Å²) in [5.41, 5.74) is 0. The summed E-state index contributed by atoms with van der Waals surface area (Å²) in [6.07, 6.45) is 4.98. The van der Waals surface area contributed by atoms with Crippen LogP contribution in [0.1, 0.15) is 52.4 Å². The Kier molecular flexibility index (Phi) is 6.42. The van der Waals surface area contributed by atoms with Gasteiger partial charge in [-0.2, -0.15) is 0 Å². The number of carbonyl (C=O) groups is 3. The molecule has 1 saturated heterocycles. The Morgan fingerprint density at radius 3 is 2.61 bits per heavy atom. The van der Waals surface area contributed by atoms with Crippen LogP contribution in [0.5, 0.6) is 0 Å². The summed E-state index contributed by atoms with van der Waals surface area (Å²) in [6.45, 7) is 5.17. The first kappa shape index (κ1) is 17.8. The molecule has 6 nitrogen and oxygen atoms in total. The highest BCUT2D eigenvalue weighted by Crippen LogP contribution is 2.28. The van der Waals surface area contributed by atoms with Gasteiger partial charge >= 0.3 is 5.97 Å². The van der Waals surface area contributed by atoms with Crippen LogP contribution >= 0.6 is 0 Å². The third-order valence-corrected chi connectivity index (χ3v) is 4.53. The Labute approximate surface area is 137 Å². The summed E-state index contributed by atoms with van der Waals surface area (Å²) in [5, 5.41) is 2.74. The minimum Gasteiger partial charge on any atom is -0.465 e. The average molecular weight is 324 g/mol. The SMILES string of the molecule is CC(C)COC(=O)CC1C(=O)NCCN1C(=O)CC1CCCC1. The van der Waals surface area contributed by atoms with Crippen molar-refractivity contribution in [2.24, 2.45) is 11.8 Å². The van der Waals surface area contributed by atoms with Gasteiger partial charge in [-0.25, -0.2) is 0 Å². The van der Waals surface area contributed by atoms with E-state index in [0.717, 1.165) is 12.8 Å². The second-order valence-electron chi connectivity index (χ2n) is 7.03. The molecule has 2 amide bonds. The molecule has 23 heavy (non-hydrogen) atoms. The zero-order chi connectivity index (χ0) is 16.8. The molecule has 1 aliphatic carbocycles. The summed E-state index contributed by atoms with van der Waals surface area (Å²) in [7, 11) is 0. The van der Waals surface area contributed by atoms with E-state index in [1.54, 1.807) is 4.90 Å². The molecule has 0 spiro atoms. The molecule has 2 aliphatic rings. The first-order chi connectivity index (χ1) is 11.0. The Bertz CT molecular complexity index is 444. The minimum absolute atomic E-state index is 0.00610. The molecule has 1 heterocycles. The van der Waals surface area contributed by atoms with Gasteiger partial charge in [0, 0.05) is 19.5 Å². The minimum atomic E-state index is -0.725. The number of hydrogen-bond donors (Lipinski definition) is 1. The van der Waals surface area contributed by atoms with Gasteiger partial charge in [-0.15, -0.1) is 0 Å². The smallest absolute Gasteiger partial charge is 0.308 e. The van der Waals surface area contributed by atoms with Gasteiger partial charge in [-0.3, -0.25) is 14.4 Å². The maximum absolute atomic E-state index is 12.6. The molecule has 130 valence electrons. The highest BCUT2D eigenvalue weighted by molar-refractivity contribution is 5.92. The van der Waals surface area contributed by atoms with Crippen LogP contribution in [-0.2, 0) is 19.1 Å². The summed E-state index contributed by atoms with van der Waals surface area (Å²) in [5.74, 6) is 0.00519. The second-order valence-corrected chi connectivity index (χ2v) is 7.03. The molecule has 1 N–H and O–H groups in total. The van der Waals surface area contributed by atoms with Crippen molar-refractivity contribution in [3.63, 3.8) is 0 Å². The number of rotatable bonds is 6. The summed E-state index contributed by atoms with van der Waals surface area (Å²) < 4.78 is 5.16. The number of amides is 2. The van der Waals surface area contributed by atoms with Gasteiger partial charge < -0.3 is 15.0 Å². The van der Waals surface area contributed by atoms with Crippen LogP contribution in [0.4, 0.5) is 0 Å². The molecule has 2 fully saturated rings. The molecule has 6 heteroatoms. The van der Waals surface area contributed by atoms with Crippen molar-refractivity contribution in [1.29, 1.82) is 0 Å². The van der Waals surface area contributed by atoms with Crippen molar-refractivity contribution in [2.45, 2.75) is 58.4 Å². The lowest BCUT2D eigenvalue weighted by atomic mass is 10.0. The van der Waals surface area contributed by atoms with Crippen molar-refractivity contribution in [3.05, 3.63) is 0 Å². The first-order valence-electron chi connectivity index (χ1n) is 8.70. The molecule has 0 aromatic heterocycles. The summed E-state index contributed by atoms with van der Waals surface area (Å²) in [4.78, 5) is 38.2. The van der Waals surface area contributed by atoms with Crippen molar-refractivity contribution >= 4 is 17.8 Å². The molecule has 1 aliphatic heterocycles. The van der Waals surface area contributed by atoms with Gasteiger partial charge in [0.2, 0.25) is 11.8 Å². The third-order valence-electron chi connectivity index (χ3n) is 4.53. The van der Waals surface area contributed by atoms with Crippen LogP contribution in [0.25, 0.3) is 0 Å². The van der Waals surface area contributed by atoms with Crippen LogP contribution in [0.15, 0.2) is 0 Å². The predicted octanol–water partition coefficient (Wildman–Crippen LogP) is 1.48. The third kappa shape index (κ3) is 5.22. The van der Waals surface area contributed by atoms with Crippen LogP contribution in [0, 0.1) is 11.8 Å². The van der Waals surface area contributed by atoms with E-state index in [1.807, 2.05) is 13.8 Å². The fourth-order valence-corrected chi connectivity index (χ4v) is 3.27. The van der Waals surface area contributed by atoms with Gasteiger partial charge in [-0.05, 0) is 24.7 Å². The lowest BCUT2D eigenvalue weighted by Crippen LogP contribution is -2.58. The van der Waals surface area contributed by atoms with Crippen molar-refractivity contribution in [3.8, 4) is 0 Å². The molecular formula is C17H28N2O4. The van der Waals surface area contributed by atoms with E-state index in [-0.39, 0.29) is 24.2 Å². The van der Waals surface area contributed by atoms with Crippen molar-refractivity contribution in [2.75, 3.05) is 19.7 Å². The molecular weight excluding hydrogens is 296 g/mol. The number of ether oxygens (including phenoxy) is 1. The van der Waals surface area contributed by atoms with Gasteiger partial charge in [0.1, 0.15) is 6.04 Å². The zero-order valence-corrected chi connectivity index (χ0v) is 14.2. The van der Waals surface area contributed by atoms with E-state index in [9.17, 15) is 14.4 Å². The summed E-state index contributed by atoms with van der Waals surface area (Å²) >= 11 is 0. The average Bonchev–Trinajstić information content (AvgIpc) is 3.00. The van der Waals surface area contributed by atoms with E-state index < -0.39 is 12.0 Å². The molecule has 1 saturated carbocycles. The fourth-order valence-electron chi connectivity index (χ4n) is 3.27. The van der Waals surface area contributed by atoms with E-state index in [1.165, 1.54) is 12.8 Å². The van der Waals surface area contributed by atoms with Crippen LogP contribution < -0.4 is 5.32 Å². The van der Waals surface area contributed by atoms with E-state index in [2.05, 4.69) is 5.32 Å². The number of nitrogens with one attached hydrogen (secondary N) is 1. The Balaban J connectivity index is 1.93. The van der Waals surface area contributed by atoms with Gasteiger partial charge in [0.15, 0.2) is 0 Å².